The molecule has 0 aliphatic carbocycles. The summed E-state index contributed by atoms with van der Waals surface area (Å²) in [6.07, 6.45) is 0. The molecule has 0 aliphatic heterocycles. The molecule has 0 fully saturated rings. The smallest absolute Gasteiger partial charge is 0.206 e. The van der Waals surface area contributed by atoms with Gasteiger partial charge in [-0.15, -0.1) is 0 Å². The summed E-state index contributed by atoms with van der Waals surface area (Å²) in [7, 11) is 0. The van der Waals surface area contributed by atoms with Gasteiger partial charge in [0.25, 0.3) is 0 Å². The summed E-state index contributed by atoms with van der Waals surface area (Å²) >= 11 is 3.27. The zero-order chi connectivity index (χ0) is 13.6. The Balaban J connectivity index is 2.44. The number of hydrogen-bond acceptors (Lipinski definition) is 2. The number of anilines is 1. The molecule has 0 bridgehead atoms. The lowest BCUT2D eigenvalue weighted by atomic mass is 10.2. The van der Waals surface area contributed by atoms with Crippen molar-refractivity contribution in [1.82, 2.24) is 9.55 Å². The summed E-state index contributed by atoms with van der Waals surface area (Å²) in [4.78, 5) is 3.95. The van der Waals surface area contributed by atoms with Crippen molar-refractivity contribution in [1.29, 1.82) is 0 Å². The van der Waals surface area contributed by atoms with Crippen LogP contribution < -0.4 is 5.73 Å². The second kappa shape index (κ2) is 4.31. The van der Waals surface area contributed by atoms with Gasteiger partial charge < -0.3 is 5.73 Å². The fourth-order valence-corrected chi connectivity index (χ4v) is 2.54. The van der Waals surface area contributed by atoms with E-state index >= 15 is 0 Å². The average molecular weight is 324 g/mol. The van der Waals surface area contributed by atoms with Gasteiger partial charge in [-0.2, -0.15) is 0 Å². The Hall–Kier alpha value is -1.95. The molecule has 0 spiro atoms. The van der Waals surface area contributed by atoms with Crippen molar-refractivity contribution in [3.05, 3.63) is 52.5 Å². The van der Waals surface area contributed by atoms with Gasteiger partial charge in [-0.1, -0.05) is 12.1 Å². The highest BCUT2D eigenvalue weighted by Gasteiger charge is 2.17. The van der Waals surface area contributed by atoms with Crippen LogP contribution in [-0.2, 0) is 0 Å². The van der Waals surface area contributed by atoms with Crippen molar-refractivity contribution in [2.24, 2.45) is 0 Å². The first-order chi connectivity index (χ1) is 9.09. The zero-order valence-corrected chi connectivity index (χ0v) is 11.2. The number of fused-ring (bicyclic) bond motifs is 1. The minimum atomic E-state index is -0.490. The molecular weight excluding hydrogens is 316 g/mol. The van der Waals surface area contributed by atoms with Crippen molar-refractivity contribution in [3.8, 4) is 5.69 Å². The standard InChI is InChI=1S/C13H8BrF2N3/c14-7-3-1-5-9(16)12(7)19-10-6-2-4-8(15)11(10)18-13(19)17/h1-6H,(H2,17,18). The van der Waals surface area contributed by atoms with Crippen LogP contribution in [0.15, 0.2) is 40.9 Å². The highest BCUT2D eigenvalue weighted by atomic mass is 79.9. The number of halogens is 3. The van der Waals surface area contributed by atoms with Gasteiger partial charge in [-0.3, -0.25) is 4.57 Å². The molecule has 6 heteroatoms. The third-order valence-electron chi connectivity index (χ3n) is 2.82. The molecule has 3 nitrogen and oxygen atoms in total. The van der Waals surface area contributed by atoms with E-state index in [1.54, 1.807) is 18.2 Å². The van der Waals surface area contributed by atoms with E-state index in [1.165, 1.54) is 22.8 Å². The first-order valence-electron chi connectivity index (χ1n) is 5.46. The molecule has 2 aromatic carbocycles. The van der Waals surface area contributed by atoms with Gasteiger partial charge in [0.05, 0.1) is 11.2 Å². The largest absolute Gasteiger partial charge is 0.369 e. The van der Waals surface area contributed by atoms with Crippen LogP contribution in [0.1, 0.15) is 0 Å². The van der Waals surface area contributed by atoms with Crippen molar-refractivity contribution in [2.45, 2.75) is 0 Å². The Morgan fingerprint density at radius 3 is 2.47 bits per heavy atom. The van der Waals surface area contributed by atoms with Crippen LogP contribution in [0.5, 0.6) is 0 Å². The van der Waals surface area contributed by atoms with Gasteiger partial charge in [0.2, 0.25) is 5.95 Å². The van der Waals surface area contributed by atoms with E-state index in [0.29, 0.717) is 9.99 Å². The monoisotopic (exact) mass is 323 g/mol. The van der Waals surface area contributed by atoms with Crippen LogP contribution in [0.25, 0.3) is 16.7 Å². The Morgan fingerprint density at radius 1 is 1.05 bits per heavy atom. The Morgan fingerprint density at radius 2 is 1.74 bits per heavy atom. The van der Waals surface area contributed by atoms with Crippen LogP contribution >= 0.6 is 15.9 Å². The molecule has 3 aromatic rings. The minimum Gasteiger partial charge on any atom is -0.369 e. The van der Waals surface area contributed by atoms with E-state index in [-0.39, 0.29) is 17.2 Å². The van der Waals surface area contributed by atoms with Crippen LogP contribution in [-0.4, -0.2) is 9.55 Å². The topological polar surface area (TPSA) is 43.8 Å². The quantitative estimate of drug-likeness (QED) is 0.742. The third kappa shape index (κ3) is 1.79. The van der Waals surface area contributed by atoms with Gasteiger partial charge in [-0.05, 0) is 40.2 Å². The van der Waals surface area contributed by atoms with E-state index in [1.807, 2.05) is 0 Å². The first kappa shape index (κ1) is 12.1. The first-order valence-corrected chi connectivity index (χ1v) is 6.25. The lowest BCUT2D eigenvalue weighted by molar-refractivity contribution is 0.618. The molecule has 0 aliphatic rings. The summed E-state index contributed by atoms with van der Waals surface area (Å²) in [6.45, 7) is 0. The zero-order valence-electron chi connectivity index (χ0n) is 9.57. The van der Waals surface area contributed by atoms with E-state index in [2.05, 4.69) is 20.9 Å². The SMILES string of the molecule is Nc1nc2c(F)cccc2n1-c1c(F)cccc1Br. The number of benzene rings is 2. The average Bonchev–Trinajstić information content (AvgIpc) is 2.68. The maximum Gasteiger partial charge on any atom is 0.206 e. The molecule has 3 rings (SSSR count). The molecule has 0 amide bonds. The summed E-state index contributed by atoms with van der Waals surface area (Å²) in [5.41, 5.74) is 6.55. The number of nitrogens with two attached hydrogens (primary N) is 1. The van der Waals surface area contributed by atoms with Gasteiger partial charge in [0.15, 0.2) is 5.82 Å². The number of nitrogens with zero attached hydrogens (tertiary/aromatic N) is 2. The molecule has 0 saturated heterocycles. The molecule has 2 N–H and O–H groups in total. The fourth-order valence-electron chi connectivity index (χ4n) is 2.02. The highest BCUT2D eigenvalue weighted by molar-refractivity contribution is 9.10. The number of hydrogen-bond donors (Lipinski definition) is 1. The molecule has 0 atom stereocenters. The van der Waals surface area contributed by atoms with Crippen LogP contribution in [0.4, 0.5) is 14.7 Å². The Kier molecular flexibility index (Phi) is 2.74. The summed E-state index contributed by atoms with van der Waals surface area (Å²) in [6, 6.07) is 9.02. The van der Waals surface area contributed by atoms with Crippen molar-refractivity contribution >= 4 is 32.9 Å². The number of imidazole rings is 1. The van der Waals surface area contributed by atoms with E-state index < -0.39 is 11.6 Å². The predicted octanol–water partition coefficient (Wildman–Crippen LogP) is 3.65. The summed E-state index contributed by atoms with van der Waals surface area (Å²) < 4.78 is 29.6. The molecule has 0 unspecified atom stereocenters. The summed E-state index contributed by atoms with van der Waals surface area (Å²) in [5.74, 6) is -0.925. The van der Waals surface area contributed by atoms with Crippen LogP contribution in [0.2, 0.25) is 0 Å². The molecule has 1 aromatic heterocycles. The molecular formula is C13H8BrF2N3. The van der Waals surface area contributed by atoms with Gasteiger partial charge in [-0.25, -0.2) is 13.8 Å². The molecule has 19 heavy (non-hydrogen) atoms. The Labute approximate surface area is 115 Å². The maximum atomic E-state index is 14.0. The van der Waals surface area contributed by atoms with Gasteiger partial charge in [0, 0.05) is 4.47 Å². The number of aromatic nitrogens is 2. The van der Waals surface area contributed by atoms with Crippen LogP contribution in [0.3, 0.4) is 0 Å². The van der Waals surface area contributed by atoms with Crippen molar-refractivity contribution in [3.63, 3.8) is 0 Å². The van der Waals surface area contributed by atoms with E-state index in [0.717, 1.165) is 0 Å². The number of nitrogen functional groups attached to an aromatic ring is 1. The van der Waals surface area contributed by atoms with Gasteiger partial charge in [0.1, 0.15) is 11.3 Å². The lowest BCUT2D eigenvalue weighted by Gasteiger charge is -2.09. The maximum absolute atomic E-state index is 14.0. The second-order valence-corrected chi connectivity index (χ2v) is 4.84. The molecule has 1 heterocycles. The number of para-hydroxylation sites is 2. The fraction of sp³-hybridized carbons (Fsp3) is 0. The van der Waals surface area contributed by atoms with E-state index in [4.69, 9.17) is 5.73 Å². The summed E-state index contributed by atoms with van der Waals surface area (Å²) in [5, 5.41) is 0. The molecule has 0 radical (unpaired) electrons. The van der Waals surface area contributed by atoms with Gasteiger partial charge >= 0.3 is 0 Å². The molecule has 0 saturated carbocycles. The second-order valence-electron chi connectivity index (χ2n) is 3.98. The number of rotatable bonds is 1. The van der Waals surface area contributed by atoms with E-state index in [9.17, 15) is 8.78 Å². The predicted molar refractivity (Wildman–Crippen MR) is 73.1 cm³/mol. The normalized spacial score (nSPS) is 11.1. The third-order valence-corrected chi connectivity index (χ3v) is 3.46. The van der Waals surface area contributed by atoms with Crippen molar-refractivity contribution < 1.29 is 8.78 Å². The van der Waals surface area contributed by atoms with Crippen molar-refractivity contribution in [2.75, 3.05) is 5.73 Å². The highest BCUT2D eigenvalue weighted by Crippen LogP contribution is 2.30. The molecule has 96 valence electrons. The lowest BCUT2D eigenvalue weighted by Crippen LogP contribution is -2.03. The van der Waals surface area contributed by atoms with Crippen LogP contribution in [0, 0.1) is 11.6 Å². The minimum absolute atomic E-state index is 0.0332. The Bertz CT molecular complexity index is 763.